The van der Waals surface area contributed by atoms with Crippen LogP contribution in [0.4, 0.5) is 11.5 Å². The van der Waals surface area contributed by atoms with Crippen LogP contribution in [-0.4, -0.2) is 23.1 Å². The number of aryl methyl sites for hydroxylation is 1. The maximum Gasteiger partial charge on any atom is 0.161 e. The minimum absolute atomic E-state index is 0.760. The molecule has 1 aromatic heterocycles. The van der Waals surface area contributed by atoms with Gasteiger partial charge in [0.15, 0.2) is 5.82 Å². The Hall–Kier alpha value is -2.10. The van der Waals surface area contributed by atoms with Crippen LogP contribution in [0.3, 0.4) is 0 Å². The molecule has 1 saturated heterocycles. The number of anilines is 2. The van der Waals surface area contributed by atoms with Crippen molar-refractivity contribution in [3.63, 3.8) is 0 Å². The quantitative estimate of drug-likeness (QED) is 0.837. The molecule has 1 aliphatic heterocycles. The maximum absolute atomic E-state index is 5.72. The Bertz CT molecular complexity index is 571. The van der Waals surface area contributed by atoms with Crippen molar-refractivity contribution < 1.29 is 0 Å². The molecular weight excluding hydrogens is 236 g/mol. The van der Waals surface area contributed by atoms with E-state index >= 15 is 0 Å². The molecule has 0 unspecified atom stereocenters. The molecule has 2 heterocycles. The molecule has 0 atom stereocenters. The fraction of sp³-hybridized carbons (Fsp3) is 0.333. The summed E-state index contributed by atoms with van der Waals surface area (Å²) < 4.78 is 0. The lowest BCUT2D eigenvalue weighted by Gasteiger charge is -2.17. The molecule has 98 valence electrons. The van der Waals surface area contributed by atoms with E-state index in [1.54, 1.807) is 0 Å². The lowest BCUT2D eigenvalue weighted by molar-refractivity contribution is 0.923. The Labute approximate surface area is 113 Å². The van der Waals surface area contributed by atoms with Gasteiger partial charge >= 0.3 is 0 Å². The van der Waals surface area contributed by atoms with E-state index < -0.39 is 0 Å². The Kier molecular flexibility index (Phi) is 3.07. The number of benzene rings is 1. The number of rotatable bonds is 2. The third kappa shape index (κ3) is 2.52. The normalized spacial score (nSPS) is 14.9. The van der Waals surface area contributed by atoms with Crippen LogP contribution in [0, 0.1) is 6.92 Å². The summed E-state index contributed by atoms with van der Waals surface area (Å²) in [5, 5.41) is 0. The van der Waals surface area contributed by atoms with E-state index in [4.69, 9.17) is 5.73 Å². The van der Waals surface area contributed by atoms with Crippen LogP contribution < -0.4 is 10.6 Å². The molecule has 4 nitrogen and oxygen atoms in total. The minimum Gasteiger partial charge on any atom is -0.399 e. The van der Waals surface area contributed by atoms with Gasteiger partial charge in [0.25, 0.3) is 0 Å². The third-order valence-corrected chi connectivity index (χ3v) is 3.44. The van der Waals surface area contributed by atoms with Crippen molar-refractivity contribution in [2.24, 2.45) is 0 Å². The van der Waals surface area contributed by atoms with Crippen molar-refractivity contribution in [2.45, 2.75) is 19.8 Å². The average Bonchev–Trinajstić information content (AvgIpc) is 2.93. The van der Waals surface area contributed by atoms with Gasteiger partial charge in [-0.25, -0.2) is 9.97 Å². The molecule has 2 aromatic rings. The van der Waals surface area contributed by atoms with Gasteiger partial charge in [-0.05, 0) is 44.0 Å². The summed E-state index contributed by atoms with van der Waals surface area (Å²) in [5.74, 6) is 1.82. The van der Waals surface area contributed by atoms with Crippen LogP contribution in [0.5, 0.6) is 0 Å². The first-order valence-corrected chi connectivity index (χ1v) is 6.69. The van der Waals surface area contributed by atoms with Gasteiger partial charge in [0.05, 0.1) is 0 Å². The van der Waals surface area contributed by atoms with Crippen molar-refractivity contribution in [1.29, 1.82) is 0 Å². The van der Waals surface area contributed by atoms with Crippen molar-refractivity contribution in [3.8, 4) is 11.4 Å². The van der Waals surface area contributed by atoms with E-state index in [1.807, 2.05) is 31.2 Å². The zero-order chi connectivity index (χ0) is 13.2. The third-order valence-electron chi connectivity index (χ3n) is 3.44. The van der Waals surface area contributed by atoms with E-state index in [2.05, 4.69) is 20.9 Å². The molecule has 1 aromatic carbocycles. The van der Waals surface area contributed by atoms with Crippen LogP contribution in [0.15, 0.2) is 30.3 Å². The average molecular weight is 254 g/mol. The number of aromatic nitrogens is 2. The van der Waals surface area contributed by atoms with E-state index in [0.717, 1.165) is 41.7 Å². The predicted octanol–water partition coefficient (Wildman–Crippen LogP) is 2.63. The smallest absolute Gasteiger partial charge is 0.161 e. The molecule has 1 aliphatic rings. The Morgan fingerprint density at radius 1 is 1.05 bits per heavy atom. The van der Waals surface area contributed by atoms with E-state index in [-0.39, 0.29) is 0 Å². The van der Waals surface area contributed by atoms with Crippen LogP contribution >= 0.6 is 0 Å². The highest BCUT2D eigenvalue weighted by Gasteiger charge is 2.15. The largest absolute Gasteiger partial charge is 0.399 e. The summed E-state index contributed by atoms with van der Waals surface area (Å²) in [6.45, 7) is 4.21. The number of nitrogen functional groups attached to an aromatic ring is 1. The summed E-state index contributed by atoms with van der Waals surface area (Å²) in [6, 6.07) is 9.77. The van der Waals surface area contributed by atoms with Crippen molar-refractivity contribution in [1.82, 2.24) is 9.97 Å². The van der Waals surface area contributed by atoms with Gasteiger partial charge in [0, 0.05) is 36.1 Å². The van der Waals surface area contributed by atoms with Gasteiger partial charge < -0.3 is 10.6 Å². The molecule has 0 amide bonds. The first-order valence-electron chi connectivity index (χ1n) is 6.69. The summed E-state index contributed by atoms with van der Waals surface area (Å²) in [7, 11) is 0. The fourth-order valence-corrected chi connectivity index (χ4v) is 2.42. The summed E-state index contributed by atoms with van der Waals surface area (Å²) >= 11 is 0. The van der Waals surface area contributed by atoms with Crippen LogP contribution in [0.2, 0.25) is 0 Å². The van der Waals surface area contributed by atoms with Crippen LogP contribution in [-0.2, 0) is 0 Å². The number of nitrogens with zero attached hydrogens (tertiary/aromatic N) is 3. The first kappa shape index (κ1) is 12.0. The number of hydrogen-bond acceptors (Lipinski definition) is 4. The van der Waals surface area contributed by atoms with E-state index in [1.165, 1.54) is 12.8 Å². The molecule has 2 N–H and O–H groups in total. The Morgan fingerprint density at radius 2 is 1.74 bits per heavy atom. The minimum atomic E-state index is 0.760. The molecular formula is C15H18N4. The maximum atomic E-state index is 5.72. The monoisotopic (exact) mass is 254 g/mol. The highest BCUT2D eigenvalue weighted by atomic mass is 15.2. The highest BCUT2D eigenvalue weighted by molar-refractivity contribution is 5.60. The Morgan fingerprint density at radius 3 is 2.42 bits per heavy atom. The SMILES string of the molecule is Cc1cc(N2CCCC2)nc(-c2ccc(N)cc2)n1. The second kappa shape index (κ2) is 4.88. The molecule has 0 saturated carbocycles. The van der Waals surface area contributed by atoms with Crippen molar-refractivity contribution >= 4 is 11.5 Å². The van der Waals surface area contributed by atoms with Crippen LogP contribution in [0.1, 0.15) is 18.5 Å². The van der Waals surface area contributed by atoms with Gasteiger partial charge in [-0.2, -0.15) is 0 Å². The molecule has 0 radical (unpaired) electrons. The van der Waals surface area contributed by atoms with Crippen LogP contribution in [0.25, 0.3) is 11.4 Å². The summed E-state index contributed by atoms with van der Waals surface area (Å²) in [4.78, 5) is 11.5. The van der Waals surface area contributed by atoms with Gasteiger partial charge in [-0.1, -0.05) is 0 Å². The number of hydrogen-bond donors (Lipinski definition) is 1. The fourth-order valence-electron chi connectivity index (χ4n) is 2.42. The number of nitrogens with two attached hydrogens (primary N) is 1. The van der Waals surface area contributed by atoms with E-state index in [9.17, 15) is 0 Å². The van der Waals surface area contributed by atoms with Crippen molar-refractivity contribution in [3.05, 3.63) is 36.0 Å². The highest BCUT2D eigenvalue weighted by Crippen LogP contribution is 2.23. The lowest BCUT2D eigenvalue weighted by Crippen LogP contribution is -2.19. The summed E-state index contributed by atoms with van der Waals surface area (Å²) in [6.07, 6.45) is 2.50. The zero-order valence-electron chi connectivity index (χ0n) is 11.1. The summed E-state index contributed by atoms with van der Waals surface area (Å²) in [5.41, 5.74) is 8.49. The van der Waals surface area contributed by atoms with Gasteiger partial charge in [-0.15, -0.1) is 0 Å². The topological polar surface area (TPSA) is 55.0 Å². The molecule has 4 heteroatoms. The molecule has 1 fully saturated rings. The predicted molar refractivity (Wildman–Crippen MR) is 78.1 cm³/mol. The lowest BCUT2D eigenvalue weighted by atomic mass is 10.2. The Balaban J connectivity index is 1.99. The molecule has 0 bridgehead atoms. The van der Waals surface area contributed by atoms with Crippen molar-refractivity contribution in [2.75, 3.05) is 23.7 Å². The second-order valence-electron chi connectivity index (χ2n) is 5.01. The molecule has 19 heavy (non-hydrogen) atoms. The standard InChI is InChI=1S/C15H18N4/c1-11-10-14(19-8-2-3-9-19)18-15(17-11)12-4-6-13(16)7-5-12/h4-7,10H,2-3,8-9,16H2,1H3. The molecule has 0 aliphatic carbocycles. The van der Waals surface area contributed by atoms with E-state index in [0.29, 0.717) is 0 Å². The van der Waals surface area contributed by atoms with Gasteiger partial charge in [-0.3, -0.25) is 0 Å². The zero-order valence-corrected chi connectivity index (χ0v) is 11.1. The van der Waals surface area contributed by atoms with Gasteiger partial charge in [0.1, 0.15) is 5.82 Å². The van der Waals surface area contributed by atoms with Gasteiger partial charge in [0.2, 0.25) is 0 Å². The molecule has 3 rings (SSSR count). The first-order chi connectivity index (χ1) is 9.22. The molecule has 0 spiro atoms. The second-order valence-corrected chi connectivity index (χ2v) is 5.01.